The Kier molecular flexibility index (Phi) is 6.73. The van der Waals surface area contributed by atoms with Crippen LogP contribution in [0.1, 0.15) is 43.7 Å². The lowest BCUT2D eigenvalue weighted by Crippen LogP contribution is -2.50. The van der Waals surface area contributed by atoms with Gasteiger partial charge in [-0.25, -0.2) is 0 Å². The van der Waals surface area contributed by atoms with Crippen LogP contribution < -0.4 is 5.32 Å². The maximum atomic E-state index is 12.9. The van der Waals surface area contributed by atoms with Gasteiger partial charge in [-0.1, -0.05) is 55.5 Å². The number of nitrogens with zero attached hydrogens (tertiary/aromatic N) is 1. The molecule has 0 saturated carbocycles. The highest BCUT2D eigenvalue weighted by molar-refractivity contribution is 5.83. The van der Waals surface area contributed by atoms with Crippen LogP contribution >= 0.6 is 0 Å². The summed E-state index contributed by atoms with van der Waals surface area (Å²) in [5, 5.41) is 2.88. The number of piperidine rings is 1. The topological polar surface area (TPSA) is 49.4 Å². The van der Waals surface area contributed by atoms with E-state index in [1.54, 1.807) is 7.05 Å². The molecule has 0 atom stereocenters. The Morgan fingerprint density at radius 2 is 1.79 bits per heavy atom. The highest BCUT2D eigenvalue weighted by atomic mass is 16.2. The molecule has 2 amide bonds. The molecule has 154 valence electrons. The van der Waals surface area contributed by atoms with Gasteiger partial charge in [0.2, 0.25) is 11.8 Å². The summed E-state index contributed by atoms with van der Waals surface area (Å²) >= 11 is 0. The van der Waals surface area contributed by atoms with Gasteiger partial charge < -0.3 is 10.2 Å². The second kappa shape index (κ2) is 9.25. The van der Waals surface area contributed by atoms with Crippen molar-refractivity contribution in [1.29, 1.82) is 0 Å². The van der Waals surface area contributed by atoms with E-state index in [1.165, 1.54) is 22.3 Å². The second-order valence-electron chi connectivity index (χ2n) is 8.18. The average Bonchev–Trinajstić information content (AvgIpc) is 2.74. The Labute approximate surface area is 174 Å². The van der Waals surface area contributed by atoms with Gasteiger partial charge in [-0.15, -0.1) is 0 Å². The molecule has 1 N–H and O–H groups in total. The Balaban J connectivity index is 1.82. The van der Waals surface area contributed by atoms with E-state index in [2.05, 4.69) is 60.8 Å². The highest BCUT2D eigenvalue weighted by Gasteiger charge is 2.41. The van der Waals surface area contributed by atoms with Gasteiger partial charge in [0.05, 0.1) is 5.41 Å². The van der Waals surface area contributed by atoms with Crippen molar-refractivity contribution in [2.45, 2.75) is 46.0 Å². The first-order valence-corrected chi connectivity index (χ1v) is 10.6. The standard InChI is InChI=1S/C25H32N2O2/c1-4-8-23(28)27-15-13-25(14-16-27,24(29)26-3)18-20-10-7-11-21(17-20)22-12-6-5-9-19(22)2/h5-7,9-12,17H,4,8,13-16,18H2,1-3H3,(H,26,29). The molecule has 29 heavy (non-hydrogen) atoms. The molecule has 2 aromatic rings. The van der Waals surface area contributed by atoms with E-state index >= 15 is 0 Å². The molecular formula is C25H32N2O2. The number of carbonyl (C=O) groups is 2. The fourth-order valence-corrected chi connectivity index (χ4v) is 4.44. The van der Waals surface area contributed by atoms with Crippen molar-refractivity contribution in [3.8, 4) is 11.1 Å². The van der Waals surface area contributed by atoms with Crippen LogP contribution in [0.2, 0.25) is 0 Å². The summed E-state index contributed by atoms with van der Waals surface area (Å²) in [4.78, 5) is 27.1. The van der Waals surface area contributed by atoms with Crippen LogP contribution in [0.15, 0.2) is 48.5 Å². The van der Waals surface area contributed by atoms with Crippen LogP contribution in [0.25, 0.3) is 11.1 Å². The van der Waals surface area contributed by atoms with E-state index < -0.39 is 5.41 Å². The molecule has 0 spiro atoms. The molecule has 0 unspecified atom stereocenters. The Bertz CT molecular complexity index is 867. The van der Waals surface area contributed by atoms with Crippen LogP contribution in [0.5, 0.6) is 0 Å². The summed E-state index contributed by atoms with van der Waals surface area (Å²) in [5.41, 5.74) is 4.37. The number of rotatable bonds is 6. The Morgan fingerprint density at radius 3 is 2.45 bits per heavy atom. The molecule has 1 aliphatic rings. The third-order valence-corrected chi connectivity index (χ3v) is 6.17. The zero-order chi connectivity index (χ0) is 20.9. The van der Waals surface area contributed by atoms with Crippen molar-refractivity contribution < 1.29 is 9.59 Å². The summed E-state index contributed by atoms with van der Waals surface area (Å²) < 4.78 is 0. The fraction of sp³-hybridized carbons (Fsp3) is 0.440. The summed E-state index contributed by atoms with van der Waals surface area (Å²) in [6.45, 7) is 5.46. The van der Waals surface area contributed by atoms with Gasteiger partial charge in [-0.05, 0) is 54.9 Å². The smallest absolute Gasteiger partial charge is 0.226 e. The minimum atomic E-state index is -0.456. The molecular weight excluding hydrogens is 360 g/mol. The molecule has 0 radical (unpaired) electrons. The summed E-state index contributed by atoms with van der Waals surface area (Å²) in [6.07, 6.45) is 3.56. The molecule has 4 heteroatoms. The van der Waals surface area contributed by atoms with Crippen LogP contribution in [0, 0.1) is 12.3 Å². The van der Waals surface area contributed by atoms with Crippen LogP contribution in [-0.4, -0.2) is 36.9 Å². The van der Waals surface area contributed by atoms with Gasteiger partial charge in [-0.3, -0.25) is 9.59 Å². The predicted molar refractivity (Wildman–Crippen MR) is 118 cm³/mol. The monoisotopic (exact) mass is 392 g/mol. The van der Waals surface area contributed by atoms with E-state index in [4.69, 9.17) is 0 Å². The summed E-state index contributed by atoms with van der Waals surface area (Å²) in [5.74, 6) is 0.293. The molecule has 3 rings (SSSR count). The van der Waals surface area contributed by atoms with E-state index in [-0.39, 0.29) is 11.8 Å². The number of carbonyl (C=O) groups excluding carboxylic acids is 2. The molecule has 1 heterocycles. The summed E-state index contributed by atoms with van der Waals surface area (Å²) in [7, 11) is 1.71. The minimum Gasteiger partial charge on any atom is -0.359 e. The summed E-state index contributed by atoms with van der Waals surface area (Å²) in [6, 6.07) is 16.9. The largest absolute Gasteiger partial charge is 0.359 e. The molecule has 0 bridgehead atoms. The first-order valence-electron chi connectivity index (χ1n) is 10.6. The fourth-order valence-electron chi connectivity index (χ4n) is 4.44. The highest BCUT2D eigenvalue weighted by Crippen LogP contribution is 2.37. The number of hydrogen-bond donors (Lipinski definition) is 1. The SMILES string of the molecule is CCCC(=O)N1CCC(Cc2cccc(-c3ccccc3C)c2)(C(=O)NC)CC1. The normalized spacial score (nSPS) is 15.8. The molecule has 4 nitrogen and oxygen atoms in total. The van der Waals surface area contributed by atoms with Crippen LogP contribution in [0.3, 0.4) is 0 Å². The van der Waals surface area contributed by atoms with Gasteiger partial charge in [0.25, 0.3) is 0 Å². The number of aryl methyl sites for hydroxylation is 1. The average molecular weight is 393 g/mol. The number of likely N-dealkylation sites (tertiary alicyclic amines) is 1. The number of hydrogen-bond acceptors (Lipinski definition) is 2. The van der Waals surface area contributed by atoms with Crippen molar-refractivity contribution in [3.63, 3.8) is 0 Å². The van der Waals surface area contributed by atoms with Gasteiger partial charge in [0.15, 0.2) is 0 Å². The van der Waals surface area contributed by atoms with Gasteiger partial charge in [0.1, 0.15) is 0 Å². The van der Waals surface area contributed by atoms with E-state index in [0.29, 0.717) is 38.8 Å². The maximum Gasteiger partial charge on any atom is 0.226 e. The second-order valence-corrected chi connectivity index (χ2v) is 8.18. The lowest BCUT2D eigenvalue weighted by Gasteiger charge is -2.40. The van der Waals surface area contributed by atoms with Crippen molar-refractivity contribution >= 4 is 11.8 Å². The van der Waals surface area contributed by atoms with Crippen molar-refractivity contribution in [2.75, 3.05) is 20.1 Å². The maximum absolute atomic E-state index is 12.9. The zero-order valence-corrected chi connectivity index (χ0v) is 17.8. The lowest BCUT2D eigenvalue weighted by atomic mass is 9.72. The van der Waals surface area contributed by atoms with Crippen molar-refractivity contribution in [2.24, 2.45) is 5.41 Å². The molecule has 1 fully saturated rings. The molecule has 1 saturated heterocycles. The van der Waals surface area contributed by atoms with Gasteiger partial charge >= 0.3 is 0 Å². The molecule has 1 aliphatic heterocycles. The Hall–Kier alpha value is -2.62. The van der Waals surface area contributed by atoms with Crippen molar-refractivity contribution in [1.82, 2.24) is 10.2 Å². The quantitative estimate of drug-likeness (QED) is 0.794. The van der Waals surface area contributed by atoms with Gasteiger partial charge in [-0.2, -0.15) is 0 Å². The predicted octanol–water partition coefficient (Wildman–Crippen LogP) is 4.36. The first-order chi connectivity index (χ1) is 14.0. The van der Waals surface area contributed by atoms with Gasteiger partial charge in [0, 0.05) is 26.6 Å². The zero-order valence-electron chi connectivity index (χ0n) is 17.8. The van der Waals surface area contributed by atoms with Crippen molar-refractivity contribution in [3.05, 3.63) is 59.7 Å². The lowest BCUT2D eigenvalue weighted by molar-refractivity contribution is -0.140. The van der Waals surface area contributed by atoms with Crippen LogP contribution in [0.4, 0.5) is 0 Å². The van der Waals surface area contributed by atoms with E-state index in [0.717, 1.165) is 6.42 Å². The molecule has 0 aliphatic carbocycles. The third kappa shape index (κ3) is 4.69. The minimum absolute atomic E-state index is 0.0846. The number of nitrogens with one attached hydrogen (secondary N) is 1. The number of benzene rings is 2. The third-order valence-electron chi connectivity index (χ3n) is 6.17. The molecule has 2 aromatic carbocycles. The molecule has 0 aromatic heterocycles. The van der Waals surface area contributed by atoms with Crippen LogP contribution in [-0.2, 0) is 16.0 Å². The first kappa shape index (κ1) is 21.1. The Morgan fingerprint density at radius 1 is 1.07 bits per heavy atom. The number of amides is 2. The van der Waals surface area contributed by atoms with E-state index in [1.807, 2.05) is 11.8 Å². The van der Waals surface area contributed by atoms with E-state index in [9.17, 15) is 9.59 Å².